The normalized spacial score (nSPS) is 17.5. The van der Waals surface area contributed by atoms with E-state index in [9.17, 15) is 39.2 Å². The van der Waals surface area contributed by atoms with Crippen LogP contribution in [0, 0.1) is 5.92 Å². The van der Waals surface area contributed by atoms with Crippen LogP contribution in [-0.2, 0) is 9.84 Å². The lowest BCUT2D eigenvalue weighted by atomic mass is 10.1. The van der Waals surface area contributed by atoms with Gasteiger partial charge < -0.3 is 0 Å². The quantitative estimate of drug-likeness (QED) is 0.770. The maximum absolute atomic E-state index is 13.6. The third kappa shape index (κ3) is 3.86. The third-order valence-electron chi connectivity index (χ3n) is 2.61. The van der Waals surface area contributed by atoms with E-state index in [1.165, 1.54) is 6.07 Å². The average molecular weight is 338 g/mol. The minimum absolute atomic E-state index is 0.796. The molecule has 0 saturated heterocycles. The summed E-state index contributed by atoms with van der Waals surface area (Å²) in [6, 6.07) is 5.22. The van der Waals surface area contributed by atoms with Gasteiger partial charge in [-0.15, -0.1) is 0 Å². The first-order valence-electron chi connectivity index (χ1n) is 5.41. The van der Waals surface area contributed by atoms with E-state index >= 15 is 0 Å². The summed E-state index contributed by atoms with van der Waals surface area (Å²) >= 11 is 0. The highest BCUT2D eigenvalue weighted by Gasteiger charge is 2.56. The Morgan fingerprint density at radius 1 is 0.905 bits per heavy atom. The first-order chi connectivity index (χ1) is 9.49. The van der Waals surface area contributed by atoms with Crippen LogP contribution >= 0.6 is 0 Å². The van der Waals surface area contributed by atoms with Gasteiger partial charge in [-0.1, -0.05) is 18.2 Å². The molecular weight excluding hydrogens is 329 g/mol. The van der Waals surface area contributed by atoms with E-state index < -0.39 is 44.9 Å². The molecule has 0 fully saturated rings. The van der Waals surface area contributed by atoms with E-state index in [1.807, 2.05) is 0 Å². The largest absolute Gasteiger partial charge is 0.400 e. The summed E-state index contributed by atoms with van der Waals surface area (Å²) in [5.74, 6) is -4.02. The Kier molecular flexibility index (Phi) is 5.24. The minimum atomic E-state index is -5.77. The Hall–Kier alpha value is -1.32. The van der Waals surface area contributed by atoms with Crippen molar-refractivity contribution >= 4 is 9.84 Å². The molecule has 0 aliphatic carbocycles. The molecular formula is C11H9F7O2S. The van der Waals surface area contributed by atoms with Crippen molar-refractivity contribution in [3.63, 3.8) is 0 Å². The van der Waals surface area contributed by atoms with Crippen molar-refractivity contribution in [3.8, 4) is 0 Å². The summed E-state index contributed by atoms with van der Waals surface area (Å²) < 4.78 is 112. The van der Waals surface area contributed by atoms with Gasteiger partial charge in [0.2, 0.25) is 15.3 Å². The second-order valence-electron chi connectivity index (χ2n) is 4.06. The van der Waals surface area contributed by atoms with Crippen molar-refractivity contribution in [2.24, 2.45) is 5.92 Å². The molecule has 0 bridgehead atoms. The Bertz CT molecular complexity index is 556. The van der Waals surface area contributed by atoms with Crippen LogP contribution in [0.15, 0.2) is 35.2 Å². The summed E-state index contributed by atoms with van der Waals surface area (Å²) in [5, 5.41) is 0. The number of halogens is 7. The molecule has 0 spiro atoms. The molecule has 1 aromatic carbocycles. The molecule has 0 aliphatic rings. The van der Waals surface area contributed by atoms with Crippen molar-refractivity contribution in [2.75, 3.05) is 0 Å². The SMILES string of the molecule is O=S(=O)(c1ccccc1)C(F)C(F)C(C(F)F)C(F)(F)F. The van der Waals surface area contributed by atoms with E-state index in [0.29, 0.717) is 0 Å². The van der Waals surface area contributed by atoms with Gasteiger partial charge in [-0.2, -0.15) is 13.2 Å². The van der Waals surface area contributed by atoms with E-state index in [4.69, 9.17) is 0 Å². The summed E-state index contributed by atoms with van der Waals surface area (Å²) in [6.45, 7) is 0. The van der Waals surface area contributed by atoms with Gasteiger partial charge in [0.25, 0.3) is 6.43 Å². The van der Waals surface area contributed by atoms with E-state index in [2.05, 4.69) is 0 Å². The van der Waals surface area contributed by atoms with Gasteiger partial charge in [0.1, 0.15) is 0 Å². The van der Waals surface area contributed by atoms with Crippen LogP contribution in [0.4, 0.5) is 30.7 Å². The Labute approximate surface area is 115 Å². The van der Waals surface area contributed by atoms with E-state index in [0.717, 1.165) is 24.3 Å². The highest BCUT2D eigenvalue weighted by Crippen LogP contribution is 2.38. The number of sulfone groups is 1. The predicted molar refractivity (Wildman–Crippen MR) is 59.0 cm³/mol. The molecule has 2 nitrogen and oxygen atoms in total. The number of hydrogen-bond acceptors (Lipinski definition) is 2. The zero-order chi connectivity index (χ0) is 16.4. The fourth-order valence-corrected chi connectivity index (χ4v) is 2.84. The molecule has 0 heterocycles. The maximum atomic E-state index is 13.6. The van der Waals surface area contributed by atoms with Gasteiger partial charge in [-0.05, 0) is 12.1 Å². The van der Waals surface area contributed by atoms with Crippen LogP contribution in [0.1, 0.15) is 0 Å². The van der Waals surface area contributed by atoms with Crippen molar-refractivity contribution in [1.82, 2.24) is 0 Å². The Morgan fingerprint density at radius 3 is 1.76 bits per heavy atom. The van der Waals surface area contributed by atoms with Gasteiger partial charge >= 0.3 is 6.18 Å². The third-order valence-corrected chi connectivity index (χ3v) is 4.39. The fraction of sp³-hybridized carbons (Fsp3) is 0.455. The van der Waals surface area contributed by atoms with Gasteiger partial charge in [0, 0.05) is 0 Å². The van der Waals surface area contributed by atoms with Crippen molar-refractivity contribution < 1.29 is 39.2 Å². The maximum Gasteiger partial charge on any atom is 0.400 e. The van der Waals surface area contributed by atoms with Crippen molar-refractivity contribution in [2.45, 2.75) is 29.2 Å². The van der Waals surface area contributed by atoms with Gasteiger partial charge in [0.15, 0.2) is 12.1 Å². The number of rotatable bonds is 5. The molecule has 120 valence electrons. The Balaban J connectivity index is 3.15. The Morgan fingerprint density at radius 2 is 1.38 bits per heavy atom. The first kappa shape index (κ1) is 17.7. The smallest absolute Gasteiger partial charge is 0.242 e. The number of benzene rings is 1. The summed E-state index contributed by atoms with van der Waals surface area (Å²) in [7, 11) is -5.15. The number of hydrogen-bond donors (Lipinski definition) is 0. The topological polar surface area (TPSA) is 34.1 Å². The zero-order valence-electron chi connectivity index (χ0n) is 10.1. The van der Waals surface area contributed by atoms with Crippen LogP contribution < -0.4 is 0 Å². The highest BCUT2D eigenvalue weighted by molar-refractivity contribution is 7.92. The molecule has 3 atom stereocenters. The predicted octanol–water partition coefficient (Wildman–Crippen LogP) is 3.54. The molecule has 0 radical (unpaired) electrons. The fourth-order valence-electron chi connectivity index (χ4n) is 1.54. The molecule has 0 aromatic heterocycles. The zero-order valence-corrected chi connectivity index (χ0v) is 10.9. The summed E-state index contributed by atoms with van der Waals surface area (Å²) in [5.41, 5.74) is -3.75. The van der Waals surface area contributed by atoms with Crippen LogP contribution in [0.2, 0.25) is 0 Å². The van der Waals surface area contributed by atoms with Gasteiger partial charge in [0.05, 0.1) is 4.90 Å². The summed E-state index contributed by atoms with van der Waals surface area (Å²) in [4.78, 5) is -0.796. The highest BCUT2D eigenvalue weighted by atomic mass is 32.2. The van der Waals surface area contributed by atoms with Crippen LogP contribution in [0.25, 0.3) is 0 Å². The van der Waals surface area contributed by atoms with E-state index in [-0.39, 0.29) is 0 Å². The van der Waals surface area contributed by atoms with Crippen molar-refractivity contribution in [1.29, 1.82) is 0 Å². The van der Waals surface area contributed by atoms with Crippen LogP contribution in [0.5, 0.6) is 0 Å². The molecule has 1 rings (SSSR count). The molecule has 0 N–H and O–H groups in total. The van der Waals surface area contributed by atoms with Gasteiger partial charge in [-0.25, -0.2) is 26.0 Å². The van der Waals surface area contributed by atoms with E-state index in [1.54, 1.807) is 0 Å². The lowest BCUT2D eigenvalue weighted by Crippen LogP contribution is -2.44. The molecule has 21 heavy (non-hydrogen) atoms. The monoisotopic (exact) mass is 338 g/mol. The number of alkyl halides is 7. The lowest BCUT2D eigenvalue weighted by molar-refractivity contribution is -0.226. The van der Waals surface area contributed by atoms with Crippen LogP contribution in [0.3, 0.4) is 0 Å². The summed E-state index contributed by atoms with van der Waals surface area (Å²) in [6.07, 6.45) is -14.0. The minimum Gasteiger partial charge on any atom is -0.242 e. The lowest BCUT2D eigenvalue weighted by Gasteiger charge is -2.25. The van der Waals surface area contributed by atoms with Gasteiger partial charge in [-0.3, -0.25) is 0 Å². The molecule has 0 amide bonds. The van der Waals surface area contributed by atoms with Crippen LogP contribution in [-0.4, -0.2) is 32.7 Å². The molecule has 10 heteroatoms. The van der Waals surface area contributed by atoms with Crippen molar-refractivity contribution in [3.05, 3.63) is 30.3 Å². The first-order valence-corrected chi connectivity index (χ1v) is 6.96. The molecule has 1 aromatic rings. The average Bonchev–Trinajstić information content (AvgIpc) is 2.36. The molecule has 0 saturated carbocycles. The second kappa shape index (κ2) is 6.20. The second-order valence-corrected chi connectivity index (χ2v) is 6.07. The molecule has 0 aliphatic heterocycles. The standard InChI is InChI=1S/C11H9F7O2S/c12-8(7(9(13)14)11(16,17)18)10(15)21(19,20)6-4-2-1-3-5-6/h1-5,7-10H. The molecule has 3 unspecified atom stereocenters.